The van der Waals surface area contributed by atoms with Crippen molar-refractivity contribution in [1.29, 1.82) is 0 Å². The zero-order valence-corrected chi connectivity index (χ0v) is 9.98. The molecule has 5 heteroatoms. The molecule has 5 nitrogen and oxygen atoms in total. The molecule has 94 valence electrons. The Balaban J connectivity index is 2.34. The molecule has 1 aromatic heterocycles. The molecule has 0 fully saturated rings. The molecule has 17 heavy (non-hydrogen) atoms. The van der Waals surface area contributed by atoms with Gasteiger partial charge in [0.1, 0.15) is 11.4 Å². The van der Waals surface area contributed by atoms with Crippen LogP contribution in [0.3, 0.4) is 0 Å². The molecule has 0 atom stereocenters. The van der Waals surface area contributed by atoms with Crippen LogP contribution in [0.4, 0.5) is 5.82 Å². The number of nitrogens with zero attached hydrogens (tertiary/aromatic N) is 1. The van der Waals surface area contributed by atoms with E-state index in [0.717, 1.165) is 19.4 Å². The summed E-state index contributed by atoms with van der Waals surface area (Å²) in [6.45, 7) is 3.96. The Morgan fingerprint density at radius 1 is 1.53 bits per heavy atom. The minimum absolute atomic E-state index is 0.182. The van der Waals surface area contributed by atoms with Gasteiger partial charge in [0.05, 0.1) is 6.61 Å². The van der Waals surface area contributed by atoms with E-state index in [2.05, 4.69) is 17.2 Å². The highest BCUT2D eigenvalue weighted by atomic mass is 16.5. The fourth-order valence-electron chi connectivity index (χ4n) is 1.31. The molecule has 0 aliphatic heterocycles. The molecular formula is C12H18N2O3. The molecular weight excluding hydrogens is 220 g/mol. The molecule has 1 heterocycles. The quantitative estimate of drug-likeness (QED) is 0.678. The first kappa shape index (κ1) is 13.4. The van der Waals surface area contributed by atoms with Gasteiger partial charge in [0.25, 0.3) is 0 Å². The smallest absolute Gasteiger partial charge is 0.339 e. The Kier molecular flexibility index (Phi) is 6.03. The molecule has 0 aliphatic rings. The number of anilines is 1. The molecule has 0 radical (unpaired) electrons. The van der Waals surface area contributed by atoms with E-state index in [9.17, 15) is 4.79 Å². The number of rotatable bonds is 8. The van der Waals surface area contributed by atoms with Crippen LogP contribution in [0.5, 0.6) is 0 Å². The first-order valence-electron chi connectivity index (χ1n) is 5.75. The van der Waals surface area contributed by atoms with Gasteiger partial charge in [-0.15, -0.1) is 0 Å². The van der Waals surface area contributed by atoms with Gasteiger partial charge in [0.15, 0.2) is 0 Å². The van der Waals surface area contributed by atoms with Crippen LogP contribution < -0.4 is 5.32 Å². The zero-order chi connectivity index (χ0) is 12.5. The van der Waals surface area contributed by atoms with E-state index in [4.69, 9.17) is 9.84 Å². The van der Waals surface area contributed by atoms with Crippen molar-refractivity contribution >= 4 is 11.8 Å². The highest BCUT2D eigenvalue weighted by molar-refractivity contribution is 5.92. The Morgan fingerprint density at radius 2 is 2.35 bits per heavy atom. The van der Waals surface area contributed by atoms with Crippen LogP contribution >= 0.6 is 0 Å². The predicted molar refractivity (Wildman–Crippen MR) is 65.4 cm³/mol. The van der Waals surface area contributed by atoms with E-state index < -0.39 is 5.97 Å². The summed E-state index contributed by atoms with van der Waals surface area (Å²) in [6, 6.07) is 3.13. The highest BCUT2D eigenvalue weighted by Crippen LogP contribution is 2.10. The van der Waals surface area contributed by atoms with E-state index in [1.54, 1.807) is 12.3 Å². The van der Waals surface area contributed by atoms with Crippen molar-refractivity contribution < 1.29 is 14.6 Å². The number of aromatic carboxylic acids is 1. The summed E-state index contributed by atoms with van der Waals surface area (Å²) in [6.07, 6.45) is 3.72. The Hall–Kier alpha value is -1.62. The number of unbranched alkanes of at least 4 members (excludes halogenated alkanes) is 1. The Morgan fingerprint density at radius 3 is 3.06 bits per heavy atom. The predicted octanol–water partition coefficient (Wildman–Crippen LogP) is 2.01. The summed E-state index contributed by atoms with van der Waals surface area (Å²) < 4.78 is 5.36. The largest absolute Gasteiger partial charge is 0.478 e. The summed E-state index contributed by atoms with van der Waals surface area (Å²) in [7, 11) is 0. The number of hydrogen-bond acceptors (Lipinski definition) is 4. The van der Waals surface area contributed by atoms with Gasteiger partial charge in [0.2, 0.25) is 0 Å². The second kappa shape index (κ2) is 7.62. The molecule has 1 rings (SSSR count). The van der Waals surface area contributed by atoms with Crippen molar-refractivity contribution in [2.75, 3.05) is 25.1 Å². The SMILES string of the molecule is CCCCOCCNc1ncccc1C(=O)O. The van der Waals surface area contributed by atoms with Crippen molar-refractivity contribution in [2.45, 2.75) is 19.8 Å². The topological polar surface area (TPSA) is 71.5 Å². The normalized spacial score (nSPS) is 10.2. The van der Waals surface area contributed by atoms with E-state index in [1.165, 1.54) is 6.07 Å². The van der Waals surface area contributed by atoms with E-state index in [-0.39, 0.29) is 5.56 Å². The van der Waals surface area contributed by atoms with Crippen LogP contribution in [-0.2, 0) is 4.74 Å². The summed E-state index contributed by atoms with van der Waals surface area (Å²) in [4.78, 5) is 14.9. The van der Waals surface area contributed by atoms with Crippen LogP contribution in [0, 0.1) is 0 Å². The van der Waals surface area contributed by atoms with Crippen LogP contribution in [-0.4, -0.2) is 35.8 Å². The van der Waals surface area contributed by atoms with Crippen molar-refractivity contribution in [3.05, 3.63) is 23.9 Å². The molecule has 0 bridgehead atoms. The number of nitrogens with one attached hydrogen (secondary N) is 1. The summed E-state index contributed by atoms with van der Waals surface area (Å²) in [5, 5.41) is 11.9. The molecule has 2 N–H and O–H groups in total. The first-order chi connectivity index (χ1) is 8.25. The number of carboxylic acid groups (broad SMARTS) is 1. The molecule has 0 aromatic carbocycles. The Bertz CT molecular complexity index is 355. The number of pyridine rings is 1. The van der Waals surface area contributed by atoms with Crippen LogP contribution in [0.15, 0.2) is 18.3 Å². The van der Waals surface area contributed by atoms with Gasteiger partial charge < -0.3 is 15.2 Å². The second-order valence-electron chi connectivity index (χ2n) is 3.60. The van der Waals surface area contributed by atoms with Crippen molar-refractivity contribution in [1.82, 2.24) is 4.98 Å². The standard InChI is InChI=1S/C12H18N2O3/c1-2-3-8-17-9-7-14-11-10(12(15)16)5-4-6-13-11/h4-6H,2-3,7-9H2,1H3,(H,13,14)(H,15,16). The van der Waals surface area contributed by atoms with Crippen LogP contribution in [0.25, 0.3) is 0 Å². The van der Waals surface area contributed by atoms with Gasteiger partial charge >= 0.3 is 5.97 Å². The fraction of sp³-hybridized carbons (Fsp3) is 0.500. The van der Waals surface area contributed by atoms with Crippen LogP contribution in [0.1, 0.15) is 30.1 Å². The molecule has 0 saturated heterocycles. The lowest BCUT2D eigenvalue weighted by atomic mass is 10.2. The number of ether oxygens (including phenoxy) is 1. The molecule has 0 unspecified atom stereocenters. The molecule has 0 amide bonds. The Labute approximate surface area is 101 Å². The maximum absolute atomic E-state index is 10.9. The summed E-state index contributed by atoms with van der Waals surface area (Å²) in [5.74, 6) is -0.591. The molecule has 0 aliphatic carbocycles. The zero-order valence-electron chi connectivity index (χ0n) is 9.98. The lowest BCUT2D eigenvalue weighted by Crippen LogP contribution is -2.13. The minimum Gasteiger partial charge on any atom is -0.478 e. The van der Waals surface area contributed by atoms with Gasteiger partial charge in [-0.1, -0.05) is 13.3 Å². The molecule has 0 saturated carbocycles. The number of aromatic nitrogens is 1. The third kappa shape index (κ3) is 4.82. The average Bonchev–Trinajstić information content (AvgIpc) is 2.34. The van der Waals surface area contributed by atoms with Gasteiger partial charge in [-0.05, 0) is 18.6 Å². The minimum atomic E-state index is -0.979. The molecule has 0 spiro atoms. The van der Waals surface area contributed by atoms with Gasteiger partial charge in [-0.2, -0.15) is 0 Å². The van der Waals surface area contributed by atoms with Gasteiger partial charge in [0, 0.05) is 19.3 Å². The third-order valence-electron chi connectivity index (χ3n) is 2.22. The third-order valence-corrected chi connectivity index (χ3v) is 2.22. The summed E-state index contributed by atoms with van der Waals surface area (Å²) in [5.41, 5.74) is 0.182. The van der Waals surface area contributed by atoms with E-state index >= 15 is 0 Å². The van der Waals surface area contributed by atoms with Crippen molar-refractivity contribution in [2.24, 2.45) is 0 Å². The maximum Gasteiger partial charge on any atom is 0.339 e. The van der Waals surface area contributed by atoms with Gasteiger partial charge in [-0.25, -0.2) is 9.78 Å². The number of carboxylic acids is 1. The highest BCUT2D eigenvalue weighted by Gasteiger charge is 2.09. The average molecular weight is 238 g/mol. The lowest BCUT2D eigenvalue weighted by molar-refractivity contribution is 0.0697. The van der Waals surface area contributed by atoms with E-state index in [0.29, 0.717) is 19.0 Å². The van der Waals surface area contributed by atoms with Crippen molar-refractivity contribution in [3.8, 4) is 0 Å². The summed E-state index contributed by atoms with van der Waals surface area (Å²) >= 11 is 0. The second-order valence-corrected chi connectivity index (χ2v) is 3.60. The lowest BCUT2D eigenvalue weighted by Gasteiger charge is -2.08. The van der Waals surface area contributed by atoms with E-state index in [1.807, 2.05) is 0 Å². The number of hydrogen-bond donors (Lipinski definition) is 2. The van der Waals surface area contributed by atoms with Crippen LogP contribution in [0.2, 0.25) is 0 Å². The maximum atomic E-state index is 10.9. The number of carbonyl (C=O) groups is 1. The monoisotopic (exact) mass is 238 g/mol. The molecule has 1 aromatic rings. The van der Waals surface area contributed by atoms with Gasteiger partial charge in [-0.3, -0.25) is 0 Å². The van der Waals surface area contributed by atoms with Crippen molar-refractivity contribution in [3.63, 3.8) is 0 Å². The fourth-order valence-corrected chi connectivity index (χ4v) is 1.31. The first-order valence-corrected chi connectivity index (χ1v) is 5.75.